The van der Waals surface area contributed by atoms with Gasteiger partial charge in [-0.2, -0.15) is 0 Å². The molecule has 1 fully saturated rings. The van der Waals surface area contributed by atoms with Crippen molar-refractivity contribution in [3.8, 4) is 5.75 Å². The van der Waals surface area contributed by atoms with Crippen molar-refractivity contribution in [2.45, 2.75) is 31.7 Å². The van der Waals surface area contributed by atoms with E-state index in [-0.39, 0.29) is 17.9 Å². The van der Waals surface area contributed by atoms with Gasteiger partial charge in [0, 0.05) is 42.2 Å². The Hall–Kier alpha value is -2.27. The highest BCUT2D eigenvalue weighted by Crippen LogP contribution is 2.42. The highest BCUT2D eigenvalue weighted by molar-refractivity contribution is 5.92. The zero-order valence-electron chi connectivity index (χ0n) is 15.0. The Morgan fingerprint density at radius 3 is 2.96 bits per heavy atom. The number of nitrogens with zero attached hydrogens (tertiary/aromatic N) is 1. The zero-order chi connectivity index (χ0) is 17.6. The van der Waals surface area contributed by atoms with Crippen molar-refractivity contribution in [1.29, 1.82) is 0 Å². The fourth-order valence-electron chi connectivity index (χ4n) is 4.24. The fraction of sp³-hybridized carbons (Fsp3) is 0.450. The molecule has 2 atom stereocenters. The Labute approximate surface area is 147 Å². The van der Waals surface area contributed by atoms with Crippen molar-refractivity contribution < 1.29 is 14.3 Å². The minimum Gasteiger partial charge on any atom is -0.497 e. The maximum Gasteiger partial charge on any atom is 0.227 e. The number of H-pyrrole nitrogens is 1. The maximum absolute atomic E-state index is 12.9. The minimum atomic E-state index is 0.197. The number of fused-ring (bicyclic) bond motifs is 6. The van der Waals surface area contributed by atoms with Crippen LogP contribution >= 0.6 is 0 Å². The quantitative estimate of drug-likeness (QED) is 0.874. The number of aromatic nitrogens is 1. The Morgan fingerprint density at radius 1 is 1.36 bits per heavy atom. The molecule has 5 nitrogen and oxygen atoms in total. The van der Waals surface area contributed by atoms with Gasteiger partial charge in [-0.3, -0.25) is 4.79 Å². The third-order valence-electron chi connectivity index (χ3n) is 5.63. The molecule has 2 bridgehead atoms. The summed E-state index contributed by atoms with van der Waals surface area (Å²) in [5, 5.41) is 1.10. The number of rotatable bonds is 3. The summed E-state index contributed by atoms with van der Waals surface area (Å²) in [7, 11) is 3.37. The van der Waals surface area contributed by atoms with E-state index in [0.717, 1.165) is 28.6 Å². The minimum absolute atomic E-state index is 0.197. The van der Waals surface area contributed by atoms with Crippen LogP contribution in [0.4, 0.5) is 0 Å². The van der Waals surface area contributed by atoms with Gasteiger partial charge in [-0.05, 0) is 37.1 Å². The first-order chi connectivity index (χ1) is 12.1. The number of carbonyl (C=O) groups is 1. The Kier molecular flexibility index (Phi) is 4.04. The molecule has 0 saturated carbocycles. The summed E-state index contributed by atoms with van der Waals surface area (Å²) in [5.74, 6) is 1.31. The van der Waals surface area contributed by atoms with Crippen molar-refractivity contribution in [3.05, 3.63) is 41.1 Å². The van der Waals surface area contributed by atoms with Crippen molar-refractivity contribution in [2.75, 3.05) is 27.4 Å². The smallest absolute Gasteiger partial charge is 0.227 e. The zero-order valence-corrected chi connectivity index (χ0v) is 15.0. The lowest BCUT2D eigenvalue weighted by molar-refractivity contribution is -0.132. The molecular weight excluding hydrogens is 316 g/mol. The molecule has 1 amide bonds. The predicted molar refractivity (Wildman–Crippen MR) is 97.0 cm³/mol. The van der Waals surface area contributed by atoms with E-state index in [1.54, 1.807) is 14.2 Å². The van der Waals surface area contributed by atoms with Crippen LogP contribution in [0.15, 0.2) is 29.8 Å². The summed E-state index contributed by atoms with van der Waals surface area (Å²) in [6.07, 6.45) is 3.53. The molecule has 1 aromatic heterocycles. The first kappa shape index (κ1) is 16.2. The molecule has 4 rings (SSSR count). The van der Waals surface area contributed by atoms with E-state index >= 15 is 0 Å². The van der Waals surface area contributed by atoms with E-state index in [4.69, 9.17) is 9.47 Å². The molecule has 0 radical (unpaired) electrons. The molecule has 1 saturated heterocycles. The second kappa shape index (κ2) is 6.23. The summed E-state index contributed by atoms with van der Waals surface area (Å²) in [4.78, 5) is 18.6. The van der Waals surface area contributed by atoms with Crippen molar-refractivity contribution in [1.82, 2.24) is 9.88 Å². The topological polar surface area (TPSA) is 54.6 Å². The van der Waals surface area contributed by atoms with Gasteiger partial charge < -0.3 is 19.4 Å². The van der Waals surface area contributed by atoms with Gasteiger partial charge in [0.05, 0.1) is 20.1 Å². The van der Waals surface area contributed by atoms with Crippen LogP contribution in [0.1, 0.15) is 30.5 Å². The number of benzene rings is 1. The molecule has 0 spiro atoms. The number of piperidine rings is 1. The molecule has 5 heteroatoms. The highest BCUT2D eigenvalue weighted by Gasteiger charge is 2.39. The number of hydrogen-bond donors (Lipinski definition) is 1. The normalized spacial score (nSPS) is 24.5. The monoisotopic (exact) mass is 340 g/mol. The third kappa shape index (κ3) is 2.63. The van der Waals surface area contributed by atoms with Crippen LogP contribution < -0.4 is 4.74 Å². The Morgan fingerprint density at radius 2 is 2.20 bits per heavy atom. The number of methoxy groups -OCH3 is 2. The molecule has 0 aliphatic carbocycles. The van der Waals surface area contributed by atoms with Crippen LogP contribution in [-0.2, 0) is 16.0 Å². The number of amides is 1. The van der Waals surface area contributed by atoms with Crippen LogP contribution in [0.5, 0.6) is 5.75 Å². The van der Waals surface area contributed by atoms with Gasteiger partial charge >= 0.3 is 0 Å². The maximum atomic E-state index is 12.9. The van der Waals surface area contributed by atoms with Crippen LogP contribution in [-0.4, -0.2) is 49.2 Å². The molecule has 3 heterocycles. The van der Waals surface area contributed by atoms with E-state index in [0.29, 0.717) is 19.6 Å². The number of aromatic amines is 1. The van der Waals surface area contributed by atoms with Gasteiger partial charge in [0.25, 0.3) is 0 Å². The van der Waals surface area contributed by atoms with E-state index in [2.05, 4.69) is 18.0 Å². The number of nitrogens with one attached hydrogen (secondary N) is 1. The number of carbonyl (C=O) groups excluding carboxylic acids is 1. The molecule has 1 aromatic carbocycles. The van der Waals surface area contributed by atoms with Gasteiger partial charge in [0.15, 0.2) is 0 Å². The summed E-state index contributed by atoms with van der Waals surface area (Å²) in [5.41, 5.74) is 4.69. The van der Waals surface area contributed by atoms with Crippen LogP contribution in [0, 0.1) is 0 Å². The lowest BCUT2D eigenvalue weighted by Gasteiger charge is -2.39. The fourth-order valence-corrected chi connectivity index (χ4v) is 4.24. The molecule has 132 valence electrons. The van der Waals surface area contributed by atoms with E-state index < -0.39 is 0 Å². The third-order valence-corrected chi connectivity index (χ3v) is 5.63. The Bertz CT molecular complexity index is 852. The van der Waals surface area contributed by atoms with Gasteiger partial charge in [0.2, 0.25) is 5.91 Å². The van der Waals surface area contributed by atoms with Crippen molar-refractivity contribution in [2.24, 2.45) is 0 Å². The highest BCUT2D eigenvalue weighted by atomic mass is 16.5. The average Bonchev–Trinajstić information content (AvgIpc) is 2.96. The van der Waals surface area contributed by atoms with Crippen LogP contribution in [0.3, 0.4) is 0 Å². The summed E-state index contributed by atoms with van der Waals surface area (Å²) >= 11 is 0. The van der Waals surface area contributed by atoms with Gasteiger partial charge in [0.1, 0.15) is 5.75 Å². The van der Waals surface area contributed by atoms with Crippen LogP contribution in [0.25, 0.3) is 10.9 Å². The second-order valence-corrected chi connectivity index (χ2v) is 7.00. The molecule has 2 unspecified atom stereocenters. The molecule has 2 aromatic rings. The van der Waals surface area contributed by atoms with Crippen molar-refractivity contribution >= 4 is 16.8 Å². The number of hydrogen-bond acceptors (Lipinski definition) is 3. The molecular formula is C20H24N2O3. The van der Waals surface area contributed by atoms with Gasteiger partial charge in [-0.1, -0.05) is 11.6 Å². The molecule has 2 aliphatic heterocycles. The molecule has 1 N–H and O–H groups in total. The van der Waals surface area contributed by atoms with Crippen LogP contribution in [0.2, 0.25) is 0 Å². The van der Waals surface area contributed by atoms with Gasteiger partial charge in [-0.15, -0.1) is 0 Å². The summed E-state index contributed by atoms with van der Waals surface area (Å²) in [6.45, 7) is 3.47. The lowest BCUT2D eigenvalue weighted by atomic mass is 9.84. The average molecular weight is 340 g/mol. The Balaban J connectivity index is 1.84. The summed E-state index contributed by atoms with van der Waals surface area (Å²) < 4.78 is 10.6. The summed E-state index contributed by atoms with van der Waals surface area (Å²) in [6, 6.07) is 6.23. The number of ether oxygens (including phenoxy) is 2. The predicted octanol–water partition coefficient (Wildman–Crippen LogP) is 3.01. The SMILES string of the molecule is COC/C=C1/CC2c3[nH]c4ccc(OC)cc4c3CC(=O)N(C1)C2C. The van der Waals surface area contributed by atoms with E-state index in [1.165, 1.54) is 11.3 Å². The van der Waals surface area contributed by atoms with E-state index in [1.807, 2.05) is 23.1 Å². The first-order valence-electron chi connectivity index (χ1n) is 8.77. The van der Waals surface area contributed by atoms with Gasteiger partial charge in [-0.25, -0.2) is 0 Å². The van der Waals surface area contributed by atoms with Crippen molar-refractivity contribution in [3.63, 3.8) is 0 Å². The largest absolute Gasteiger partial charge is 0.497 e. The standard InChI is InChI=1S/C20H24N2O3/c1-12-15-8-13(6-7-24-2)11-22(12)19(23)10-17-16-9-14(25-3)4-5-18(16)21-20(15)17/h4-6,9,12,15,21H,7-8,10-11H2,1-3H3/b13-6-. The second-order valence-electron chi connectivity index (χ2n) is 7.00. The lowest BCUT2D eigenvalue weighted by Crippen LogP contribution is -2.45. The first-order valence-corrected chi connectivity index (χ1v) is 8.77. The molecule has 25 heavy (non-hydrogen) atoms. The van der Waals surface area contributed by atoms with E-state index in [9.17, 15) is 4.79 Å². The molecule has 2 aliphatic rings.